The Labute approximate surface area is 77.8 Å². The second kappa shape index (κ2) is 3.20. The smallest absolute Gasteiger partial charge is 0.273 e. The number of hydrogen-bond acceptors (Lipinski definition) is 4. The van der Waals surface area contributed by atoms with E-state index in [-0.39, 0.29) is 12.3 Å². The molecule has 0 aliphatic rings. The first-order chi connectivity index (χ1) is 6.76. The molecule has 0 saturated heterocycles. The van der Waals surface area contributed by atoms with Gasteiger partial charge in [-0.1, -0.05) is 4.68 Å². The van der Waals surface area contributed by atoms with Crippen molar-refractivity contribution in [3.63, 3.8) is 0 Å². The number of nitrogens with one attached hydrogen (secondary N) is 1. The van der Waals surface area contributed by atoms with Crippen molar-refractivity contribution in [1.29, 1.82) is 0 Å². The van der Waals surface area contributed by atoms with Gasteiger partial charge in [-0.25, -0.2) is 4.98 Å². The van der Waals surface area contributed by atoms with Gasteiger partial charge < -0.3 is 10.2 Å². The van der Waals surface area contributed by atoms with Crippen LogP contribution in [0.1, 0.15) is 0 Å². The molecule has 74 valence electrons. The lowest BCUT2D eigenvalue weighted by Crippen LogP contribution is -2.34. The first kappa shape index (κ1) is 8.85. The van der Waals surface area contributed by atoms with E-state index in [1.165, 1.54) is 17.2 Å². The highest BCUT2D eigenvalue weighted by Crippen LogP contribution is 1.97. The molecule has 0 unspecified atom stereocenters. The van der Waals surface area contributed by atoms with Crippen LogP contribution in [0.2, 0.25) is 0 Å². The van der Waals surface area contributed by atoms with Crippen molar-refractivity contribution in [2.24, 2.45) is 0 Å². The van der Waals surface area contributed by atoms with E-state index in [0.29, 0.717) is 11.0 Å². The zero-order chi connectivity index (χ0) is 10.1. The third-order valence-corrected chi connectivity index (χ3v) is 1.91. The number of aliphatic hydroxyl groups is 2. The Balaban J connectivity index is 2.75. The molecule has 0 atom stereocenters. The second-order valence-corrected chi connectivity index (χ2v) is 2.78. The molecule has 14 heavy (non-hydrogen) atoms. The lowest BCUT2D eigenvalue weighted by molar-refractivity contribution is -0.777. The van der Waals surface area contributed by atoms with Crippen LogP contribution < -0.4 is 10.2 Å². The quantitative estimate of drug-likeness (QED) is 0.481. The van der Waals surface area contributed by atoms with Gasteiger partial charge in [-0.05, 0) is 0 Å². The fraction of sp³-hybridized carbons (Fsp3) is 0.286. The van der Waals surface area contributed by atoms with E-state index in [2.05, 4.69) is 10.1 Å². The number of aromatic amines is 1. The Hall–Kier alpha value is -1.73. The molecule has 0 aliphatic heterocycles. The summed E-state index contributed by atoms with van der Waals surface area (Å²) in [5, 5.41) is 20.6. The summed E-state index contributed by atoms with van der Waals surface area (Å²) >= 11 is 0. The minimum absolute atomic E-state index is 0.255. The molecule has 3 N–H and O–H groups in total. The Morgan fingerprint density at radius 1 is 1.57 bits per heavy atom. The molecule has 0 aromatic carbocycles. The van der Waals surface area contributed by atoms with Gasteiger partial charge in [0.25, 0.3) is 12.3 Å². The van der Waals surface area contributed by atoms with Crippen LogP contribution in [0.3, 0.4) is 0 Å². The Kier molecular flexibility index (Phi) is 2.02. The highest BCUT2D eigenvalue weighted by atomic mass is 16.3. The molecule has 7 nitrogen and oxygen atoms in total. The SMILES string of the molecule is O=c1c2c[n+](CO)[nH]c2ncn1CO. The maximum absolute atomic E-state index is 11.5. The van der Waals surface area contributed by atoms with Gasteiger partial charge in [0, 0.05) is 0 Å². The third kappa shape index (κ3) is 1.19. The van der Waals surface area contributed by atoms with E-state index in [0.717, 1.165) is 4.57 Å². The van der Waals surface area contributed by atoms with E-state index < -0.39 is 6.73 Å². The van der Waals surface area contributed by atoms with Crippen LogP contribution in [0.15, 0.2) is 17.3 Å². The van der Waals surface area contributed by atoms with Gasteiger partial charge in [-0.15, -0.1) is 5.10 Å². The number of rotatable bonds is 2. The maximum Gasteiger partial charge on any atom is 0.273 e. The van der Waals surface area contributed by atoms with Gasteiger partial charge in [0.2, 0.25) is 11.8 Å². The lowest BCUT2D eigenvalue weighted by Gasteiger charge is -1.96. The number of hydrogen-bond donors (Lipinski definition) is 3. The van der Waals surface area contributed by atoms with E-state index in [4.69, 9.17) is 10.2 Å². The summed E-state index contributed by atoms with van der Waals surface area (Å²) < 4.78 is 2.39. The molecule has 0 radical (unpaired) electrons. The number of nitrogens with zero attached hydrogens (tertiary/aromatic N) is 3. The van der Waals surface area contributed by atoms with Crippen molar-refractivity contribution in [3.05, 3.63) is 22.9 Å². The molecule has 2 aromatic rings. The monoisotopic (exact) mass is 197 g/mol. The van der Waals surface area contributed by atoms with Crippen molar-refractivity contribution < 1.29 is 14.9 Å². The van der Waals surface area contributed by atoms with Crippen molar-refractivity contribution >= 4 is 11.0 Å². The maximum atomic E-state index is 11.5. The number of aliphatic hydroxyl groups excluding tert-OH is 2. The van der Waals surface area contributed by atoms with Crippen LogP contribution in [0, 0.1) is 0 Å². The number of aromatic nitrogens is 4. The van der Waals surface area contributed by atoms with Crippen molar-refractivity contribution in [2.45, 2.75) is 13.5 Å². The highest BCUT2D eigenvalue weighted by molar-refractivity contribution is 5.70. The van der Waals surface area contributed by atoms with Crippen LogP contribution in [-0.4, -0.2) is 24.9 Å². The van der Waals surface area contributed by atoms with Crippen LogP contribution in [0.5, 0.6) is 0 Å². The normalized spacial score (nSPS) is 11.0. The van der Waals surface area contributed by atoms with E-state index in [9.17, 15) is 4.79 Å². The Morgan fingerprint density at radius 2 is 2.36 bits per heavy atom. The summed E-state index contributed by atoms with van der Waals surface area (Å²) in [4.78, 5) is 15.4. The molecule has 0 bridgehead atoms. The predicted octanol–water partition coefficient (Wildman–Crippen LogP) is -2.09. The topological polar surface area (TPSA) is 95.0 Å². The minimum Gasteiger partial charge on any atom is -0.376 e. The van der Waals surface area contributed by atoms with Gasteiger partial charge in [0.05, 0.1) is 0 Å². The minimum atomic E-state index is -0.411. The molecule has 0 aliphatic carbocycles. The van der Waals surface area contributed by atoms with Gasteiger partial charge in [-0.3, -0.25) is 9.36 Å². The molecule has 0 amide bonds. The third-order valence-electron chi connectivity index (χ3n) is 1.91. The fourth-order valence-corrected chi connectivity index (χ4v) is 1.21. The molecular weight excluding hydrogens is 188 g/mol. The fourth-order valence-electron chi connectivity index (χ4n) is 1.21. The van der Waals surface area contributed by atoms with E-state index in [1.807, 2.05) is 0 Å². The molecule has 0 spiro atoms. The number of fused-ring (bicyclic) bond motifs is 1. The average molecular weight is 197 g/mol. The second-order valence-electron chi connectivity index (χ2n) is 2.78. The van der Waals surface area contributed by atoms with Gasteiger partial charge in [0.15, 0.2) is 5.39 Å². The van der Waals surface area contributed by atoms with E-state index >= 15 is 0 Å². The van der Waals surface area contributed by atoms with Crippen LogP contribution >= 0.6 is 0 Å². The summed E-state index contributed by atoms with van der Waals surface area (Å²) in [5.74, 6) is 0. The molecule has 7 heteroatoms. The molecular formula is C7H9N4O3+. The highest BCUT2D eigenvalue weighted by Gasteiger charge is 2.12. The first-order valence-electron chi connectivity index (χ1n) is 3.95. The summed E-state index contributed by atoms with van der Waals surface area (Å²) in [6, 6.07) is 0. The molecule has 2 aromatic heterocycles. The summed E-state index contributed by atoms with van der Waals surface area (Å²) in [6.07, 6.45) is 2.68. The van der Waals surface area contributed by atoms with E-state index in [1.54, 1.807) is 0 Å². The molecule has 0 fully saturated rings. The summed E-state index contributed by atoms with van der Waals surface area (Å²) in [5.41, 5.74) is 0.0368. The van der Waals surface area contributed by atoms with Crippen LogP contribution in [0.25, 0.3) is 11.0 Å². The largest absolute Gasteiger partial charge is 0.376 e. The average Bonchev–Trinajstić information content (AvgIpc) is 2.62. The van der Waals surface area contributed by atoms with Gasteiger partial charge in [0.1, 0.15) is 13.1 Å². The van der Waals surface area contributed by atoms with Crippen LogP contribution in [0.4, 0.5) is 0 Å². The summed E-state index contributed by atoms with van der Waals surface area (Å²) in [7, 11) is 0. The Bertz CT molecular complexity index is 515. The Morgan fingerprint density at radius 3 is 3.00 bits per heavy atom. The lowest BCUT2D eigenvalue weighted by atomic mass is 10.4. The van der Waals surface area contributed by atoms with Gasteiger partial charge >= 0.3 is 0 Å². The zero-order valence-electron chi connectivity index (χ0n) is 7.21. The number of H-pyrrole nitrogens is 1. The van der Waals surface area contributed by atoms with Crippen molar-refractivity contribution in [1.82, 2.24) is 14.6 Å². The summed E-state index contributed by atoms with van der Waals surface area (Å²) in [6.45, 7) is -0.666. The van der Waals surface area contributed by atoms with Crippen molar-refractivity contribution in [3.8, 4) is 0 Å². The molecule has 2 heterocycles. The predicted molar refractivity (Wildman–Crippen MR) is 45.0 cm³/mol. The standard InChI is InChI=1S/C7H8N4O3/c12-3-10-2-8-6-5(7(10)14)1-11(4-13)9-6/h1-2,12-13H,3-4H2/p+1. The first-order valence-corrected chi connectivity index (χ1v) is 3.95. The van der Waals surface area contributed by atoms with Crippen molar-refractivity contribution in [2.75, 3.05) is 0 Å². The zero-order valence-corrected chi connectivity index (χ0v) is 7.21. The van der Waals surface area contributed by atoms with Crippen LogP contribution in [-0.2, 0) is 13.5 Å². The van der Waals surface area contributed by atoms with Gasteiger partial charge in [-0.2, -0.15) is 0 Å². The molecule has 2 rings (SSSR count). The molecule has 0 saturated carbocycles.